The monoisotopic (exact) mass is 259 g/mol. The second-order valence-electron chi connectivity index (χ2n) is 4.82. The Morgan fingerprint density at radius 2 is 2.16 bits per heavy atom. The van der Waals surface area contributed by atoms with Crippen LogP contribution in [0.15, 0.2) is 24.5 Å². The van der Waals surface area contributed by atoms with Crippen molar-refractivity contribution in [1.29, 1.82) is 0 Å². The summed E-state index contributed by atoms with van der Waals surface area (Å²) in [6.45, 7) is 7.00. The predicted octanol–water partition coefficient (Wildman–Crippen LogP) is 2.89. The second kappa shape index (κ2) is 5.89. The molecule has 0 spiro atoms. The zero-order chi connectivity index (χ0) is 13.8. The van der Waals surface area contributed by atoms with Gasteiger partial charge in [-0.25, -0.2) is 4.98 Å². The molecule has 0 bridgehead atoms. The van der Waals surface area contributed by atoms with Gasteiger partial charge in [0, 0.05) is 23.8 Å². The molecule has 0 fully saturated rings. The number of rotatable bonds is 5. The highest BCUT2D eigenvalue weighted by Crippen LogP contribution is 2.26. The summed E-state index contributed by atoms with van der Waals surface area (Å²) in [7, 11) is 1.71. The largest absolute Gasteiger partial charge is 0.496 e. The van der Waals surface area contributed by atoms with Gasteiger partial charge in [-0.3, -0.25) is 0 Å². The van der Waals surface area contributed by atoms with Gasteiger partial charge in [-0.2, -0.15) is 0 Å². The lowest BCUT2D eigenvalue weighted by Gasteiger charge is -2.17. The highest BCUT2D eigenvalue weighted by molar-refractivity contribution is 5.38. The first-order chi connectivity index (χ1) is 9.11. The van der Waals surface area contributed by atoms with Crippen molar-refractivity contribution in [3.63, 3.8) is 0 Å². The molecule has 1 heterocycles. The van der Waals surface area contributed by atoms with Gasteiger partial charge in [0.1, 0.15) is 5.75 Å². The molecule has 0 aliphatic heterocycles. The van der Waals surface area contributed by atoms with Crippen LogP contribution in [-0.4, -0.2) is 17.1 Å². The van der Waals surface area contributed by atoms with Crippen LogP contribution in [0.25, 0.3) is 0 Å². The summed E-state index contributed by atoms with van der Waals surface area (Å²) in [5.74, 6) is 0.921. The fraction of sp³-hybridized carbons (Fsp3) is 0.400. The van der Waals surface area contributed by atoms with E-state index in [1.165, 1.54) is 11.1 Å². The number of hydrogen-bond acceptors (Lipinski definition) is 3. The Labute approximate surface area is 114 Å². The minimum atomic E-state index is 0.214. The predicted molar refractivity (Wildman–Crippen MR) is 76.3 cm³/mol. The van der Waals surface area contributed by atoms with E-state index in [0.29, 0.717) is 0 Å². The van der Waals surface area contributed by atoms with Crippen molar-refractivity contribution >= 4 is 0 Å². The quantitative estimate of drug-likeness (QED) is 0.868. The third kappa shape index (κ3) is 3.15. The third-order valence-corrected chi connectivity index (χ3v) is 3.36. The maximum Gasteiger partial charge on any atom is 0.123 e. The summed E-state index contributed by atoms with van der Waals surface area (Å²) < 4.78 is 5.42. The summed E-state index contributed by atoms with van der Waals surface area (Å²) in [5.41, 5.74) is 4.57. The second-order valence-corrected chi connectivity index (χ2v) is 4.82. The van der Waals surface area contributed by atoms with Crippen molar-refractivity contribution in [3.05, 3.63) is 47.0 Å². The van der Waals surface area contributed by atoms with E-state index in [9.17, 15) is 0 Å². The van der Waals surface area contributed by atoms with Crippen LogP contribution in [0, 0.1) is 13.8 Å². The fourth-order valence-electron chi connectivity index (χ4n) is 2.12. The molecule has 0 aliphatic carbocycles. The van der Waals surface area contributed by atoms with E-state index in [2.05, 4.69) is 41.3 Å². The molecule has 1 unspecified atom stereocenters. The lowest BCUT2D eigenvalue weighted by Crippen LogP contribution is -2.19. The summed E-state index contributed by atoms with van der Waals surface area (Å²) in [6, 6.07) is 6.45. The molecule has 102 valence electrons. The molecule has 0 saturated heterocycles. The van der Waals surface area contributed by atoms with Crippen LogP contribution in [0.5, 0.6) is 5.75 Å². The van der Waals surface area contributed by atoms with Crippen LogP contribution in [0.1, 0.15) is 35.5 Å². The zero-order valence-electron chi connectivity index (χ0n) is 11.9. The summed E-state index contributed by atoms with van der Waals surface area (Å²) in [4.78, 5) is 7.38. The van der Waals surface area contributed by atoms with Gasteiger partial charge in [-0.05, 0) is 26.8 Å². The summed E-state index contributed by atoms with van der Waals surface area (Å²) >= 11 is 0. The van der Waals surface area contributed by atoms with E-state index in [-0.39, 0.29) is 6.04 Å². The van der Waals surface area contributed by atoms with Gasteiger partial charge in [-0.15, -0.1) is 0 Å². The molecule has 0 aliphatic rings. The number of aromatic amines is 1. The average Bonchev–Trinajstić information content (AvgIpc) is 2.81. The lowest BCUT2D eigenvalue weighted by molar-refractivity contribution is 0.401. The van der Waals surface area contributed by atoms with E-state index in [1.54, 1.807) is 13.4 Å². The van der Waals surface area contributed by atoms with Gasteiger partial charge in [0.25, 0.3) is 0 Å². The van der Waals surface area contributed by atoms with E-state index in [0.717, 1.165) is 23.7 Å². The zero-order valence-corrected chi connectivity index (χ0v) is 11.9. The maximum atomic E-state index is 5.42. The van der Waals surface area contributed by atoms with Crippen molar-refractivity contribution < 1.29 is 4.74 Å². The molecule has 1 aromatic carbocycles. The minimum Gasteiger partial charge on any atom is -0.496 e. The molecule has 1 atom stereocenters. The number of imidazole rings is 1. The molecule has 2 rings (SSSR count). The number of H-pyrrole nitrogens is 1. The van der Waals surface area contributed by atoms with Crippen molar-refractivity contribution in [2.45, 2.75) is 33.4 Å². The van der Waals surface area contributed by atoms with E-state index in [1.807, 2.05) is 13.0 Å². The van der Waals surface area contributed by atoms with Crippen LogP contribution in [-0.2, 0) is 6.54 Å². The van der Waals surface area contributed by atoms with Gasteiger partial charge in [0.15, 0.2) is 0 Å². The molecular formula is C15H21N3O. The van der Waals surface area contributed by atoms with Gasteiger partial charge in [-0.1, -0.05) is 17.7 Å². The molecule has 0 saturated carbocycles. The third-order valence-electron chi connectivity index (χ3n) is 3.36. The number of ether oxygens (including phenoxy) is 1. The Kier molecular flexibility index (Phi) is 4.22. The summed E-state index contributed by atoms with van der Waals surface area (Å²) in [6.07, 6.45) is 1.73. The first-order valence-corrected chi connectivity index (χ1v) is 6.48. The molecule has 2 N–H and O–H groups in total. The highest BCUT2D eigenvalue weighted by Gasteiger charge is 2.12. The minimum absolute atomic E-state index is 0.214. The Hall–Kier alpha value is -1.81. The number of nitrogens with one attached hydrogen (secondary N) is 2. The summed E-state index contributed by atoms with van der Waals surface area (Å²) in [5, 5.41) is 3.48. The number of benzene rings is 1. The van der Waals surface area contributed by atoms with Crippen LogP contribution in [0.2, 0.25) is 0 Å². The molecule has 0 radical (unpaired) electrons. The smallest absolute Gasteiger partial charge is 0.123 e. The Bertz CT molecular complexity index is 548. The Morgan fingerprint density at radius 1 is 1.37 bits per heavy atom. The molecule has 4 nitrogen and oxygen atoms in total. The molecule has 19 heavy (non-hydrogen) atoms. The average molecular weight is 259 g/mol. The topological polar surface area (TPSA) is 49.9 Å². The van der Waals surface area contributed by atoms with E-state index >= 15 is 0 Å². The van der Waals surface area contributed by atoms with Crippen molar-refractivity contribution in [2.24, 2.45) is 0 Å². The standard InChI is InChI=1S/C15H21N3O/c1-10-5-6-15(19-4)13(7-10)11(2)16-8-14-12(3)17-9-18-14/h5-7,9,11,16H,8H2,1-4H3,(H,17,18). The normalized spacial score (nSPS) is 12.4. The van der Waals surface area contributed by atoms with Crippen molar-refractivity contribution in [2.75, 3.05) is 7.11 Å². The lowest BCUT2D eigenvalue weighted by atomic mass is 10.0. The van der Waals surface area contributed by atoms with E-state index in [4.69, 9.17) is 4.74 Å². The van der Waals surface area contributed by atoms with Crippen molar-refractivity contribution in [1.82, 2.24) is 15.3 Å². The van der Waals surface area contributed by atoms with Gasteiger partial charge in [0.2, 0.25) is 0 Å². The molecule has 1 aromatic heterocycles. The van der Waals surface area contributed by atoms with Crippen LogP contribution in [0.3, 0.4) is 0 Å². The number of aryl methyl sites for hydroxylation is 2. The molecule has 2 aromatic rings. The van der Waals surface area contributed by atoms with E-state index < -0.39 is 0 Å². The van der Waals surface area contributed by atoms with Gasteiger partial charge in [0.05, 0.1) is 19.1 Å². The SMILES string of the molecule is COc1ccc(C)cc1C(C)NCc1nc[nH]c1C. The first-order valence-electron chi connectivity index (χ1n) is 6.48. The highest BCUT2D eigenvalue weighted by atomic mass is 16.5. The van der Waals surface area contributed by atoms with Crippen LogP contribution < -0.4 is 10.1 Å². The first kappa shape index (κ1) is 13.6. The van der Waals surface area contributed by atoms with Crippen LogP contribution in [0.4, 0.5) is 0 Å². The molecular weight excluding hydrogens is 238 g/mol. The molecule has 4 heteroatoms. The van der Waals surface area contributed by atoms with Gasteiger partial charge >= 0.3 is 0 Å². The fourth-order valence-corrected chi connectivity index (χ4v) is 2.12. The Morgan fingerprint density at radius 3 is 2.79 bits per heavy atom. The number of nitrogens with zero attached hydrogens (tertiary/aromatic N) is 1. The maximum absolute atomic E-state index is 5.42. The van der Waals surface area contributed by atoms with Gasteiger partial charge < -0.3 is 15.0 Å². The number of aromatic nitrogens is 2. The number of methoxy groups -OCH3 is 1. The Balaban J connectivity index is 2.09. The van der Waals surface area contributed by atoms with Crippen LogP contribution >= 0.6 is 0 Å². The molecule has 0 amide bonds. The number of hydrogen-bond donors (Lipinski definition) is 2. The van der Waals surface area contributed by atoms with Crippen molar-refractivity contribution in [3.8, 4) is 5.75 Å².